The number of imidazole rings is 1. The highest BCUT2D eigenvalue weighted by Crippen LogP contribution is 2.27. The average molecular weight is 374 g/mol. The monoisotopic (exact) mass is 373 g/mol. The molecule has 2 atom stereocenters. The number of carbonyl (C=O) groups is 1. The fourth-order valence-corrected chi connectivity index (χ4v) is 4.21. The van der Waals surface area contributed by atoms with Crippen molar-refractivity contribution in [1.82, 2.24) is 20.6 Å². The van der Waals surface area contributed by atoms with E-state index in [9.17, 15) is 4.79 Å². The fraction of sp³-hybridized carbons (Fsp3) is 0.474. The SMILES string of the molecule is O=C(NC1CCc2nc[nH]c2C1)NC1CCCN(c2ccccc2Cl)C1. The Kier molecular flexibility index (Phi) is 5.02. The van der Waals surface area contributed by atoms with Crippen molar-refractivity contribution in [3.8, 4) is 0 Å². The van der Waals surface area contributed by atoms with Crippen molar-refractivity contribution < 1.29 is 4.79 Å². The fourth-order valence-electron chi connectivity index (χ4n) is 3.96. The van der Waals surface area contributed by atoms with Gasteiger partial charge in [0.2, 0.25) is 0 Å². The van der Waals surface area contributed by atoms with E-state index in [0.29, 0.717) is 0 Å². The van der Waals surface area contributed by atoms with E-state index >= 15 is 0 Å². The minimum Gasteiger partial charge on any atom is -0.368 e. The Labute approximate surface area is 158 Å². The molecule has 1 aliphatic heterocycles. The number of halogens is 1. The number of aromatic amines is 1. The van der Waals surface area contributed by atoms with Crippen molar-refractivity contribution in [2.45, 2.75) is 44.2 Å². The zero-order valence-corrected chi connectivity index (χ0v) is 15.4. The summed E-state index contributed by atoms with van der Waals surface area (Å²) in [6.45, 7) is 1.75. The molecule has 7 heteroatoms. The lowest BCUT2D eigenvalue weighted by molar-refractivity contribution is 0.229. The van der Waals surface area contributed by atoms with Gasteiger partial charge in [-0.3, -0.25) is 0 Å². The molecule has 1 aliphatic carbocycles. The second-order valence-electron chi connectivity index (χ2n) is 7.12. The molecule has 26 heavy (non-hydrogen) atoms. The van der Waals surface area contributed by atoms with Crippen molar-refractivity contribution in [1.29, 1.82) is 0 Å². The molecular weight excluding hydrogens is 350 g/mol. The first-order valence-corrected chi connectivity index (χ1v) is 9.64. The van der Waals surface area contributed by atoms with E-state index in [4.69, 9.17) is 11.6 Å². The largest absolute Gasteiger partial charge is 0.368 e. The Hall–Kier alpha value is -2.21. The third-order valence-corrected chi connectivity index (χ3v) is 5.59. The van der Waals surface area contributed by atoms with E-state index in [0.717, 1.165) is 67.3 Å². The maximum absolute atomic E-state index is 12.4. The number of anilines is 1. The second kappa shape index (κ2) is 7.58. The Bertz CT molecular complexity index is 777. The van der Waals surface area contributed by atoms with Crippen LogP contribution in [0.2, 0.25) is 5.02 Å². The molecule has 6 nitrogen and oxygen atoms in total. The number of H-pyrrole nitrogens is 1. The van der Waals surface area contributed by atoms with Crippen LogP contribution in [0.25, 0.3) is 0 Å². The molecule has 1 fully saturated rings. The normalized spacial score (nSPS) is 22.6. The third kappa shape index (κ3) is 3.80. The number of para-hydroxylation sites is 1. The number of fused-ring (bicyclic) bond motifs is 1. The van der Waals surface area contributed by atoms with Gasteiger partial charge in [-0.25, -0.2) is 9.78 Å². The summed E-state index contributed by atoms with van der Waals surface area (Å²) in [4.78, 5) is 22.2. The number of piperidine rings is 1. The van der Waals surface area contributed by atoms with Crippen molar-refractivity contribution in [2.75, 3.05) is 18.0 Å². The summed E-state index contributed by atoms with van der Waals surface area (Å²) in [6.07, 6.45) is 6.42. The van der Waals surface area contributed by atoms with Crippen LogP contribution in [0.3, 0.4) is 0 Å². The highest BCUT2D eigenvalue weighted by atomic mass is 35.5. The topological polar surface area (TPSA) is 73.0 Å². The number of nitrogens with zero attached hydrogens (tertiary/aromatic N) is 2. The summed E-state index contributed by atoms with van der Waals surface area (Å²) in [5, 5.41) is 7.02. The second-order valence-corrected chi connectivity index (χ2v) is 7.53. The quantitative estimate of drug-likeness (QED) is 0.774. The highest BCUT2D eigenvalue weighted by molar-refractivity contribution is 6.33. The first-order chi connectivity index (χ1) is 12.7. The van der Waals surface area contributed by atoms with Crippen LogP contribution in [-0.4, -0.2) is 41.2 Å². The van der Waals surface area contributed by atoms with Gasteiger partial charge in [-0.1, -0.05) is 23.7 Å². The van der Waals surface area contributed by atoms with E-state index in [2.05, 4.69) is 25.5 Å². The molecule has 1 aromatic heterocycles. The number of urea groups is 1. The minimum absolute atomic E-state index is 0.0797. The lowest BCUT2D eigenvalue weighted by Crippen LogP contribution is -2.53. The summed E-state index contributed by atoms with van der Waals surface area (Å²) in [6, 6.07) is 8.09. The zero-order chi connectivity index (χ0) is 17.9. The van der Waals surface area contributed by atoms with Gasteiger partial charge in [0.15, 0.2) is 0 Å². The summed E-state index contributed by atoms with van der Waals surface area (Å²) < 4.78 is 0. The molecule has 2 aromatic rings. The number of hydrogen-bond acceptors (Lipinski definition) is 3. The first kappa shape index (κ1) is 17.2. The van der Waals surface area contributed by atoms with E-state index < -0.39 is 0 Å². The van der Waals surface area contributed by atoms with Crippen molar-refractivity contribution in [2.24, 2.45) is 0 Å². The van der Waals surface area contributed by atoms with Crippen LogP contribution in [0.1, 0.15) is 30.7 Å². The van der Waals surface area contributed by atoms with Crippen LogP contribution in [-0.2, 0) is 12.8 Å². The molecule has 0 saturated carbocycles. The van der Waals surface area contributed by atoms with Crippen LogP contribution in [0.4, 0.5) is 10.5 Å². The van der Waals surface area contributed by atoms with Gasteiger partial charge >= 0.3 is 6.03 Å². The van der Waals surface area contributed by atoms with Gasteiger partial charge in [0.25, 0.3) is 0 Å². The molecule has 2 aliphatic rings. The number of aromatic nitrogens is 2. The number of nitrogens with one attached hydrogen (secondary N) is 3. The Morgan fingerprint density at radius 3 is 2.96 bits per heavy atom. The molecule has 0 bridgehead atoms. The Morgan fingerprint density at radius 2 is 2.08 bits per heavy atom. The maximum Gasteiger partial charge on any atom is 0.315 e. The van der Waals surface area contributed by atoms with Gasteiger partial charge in [0.1, 0.15) is 0 Å². The molecule has 2 amide bonds. The van der Waals surface area contributed by atoms with E-state index in [1.165, 1.54) is 0 Å². The summed E-state index contributed by atoms with van der Waals surface area (Å²) in [5.41, 5.74) is 3.32. The Morgan fingerprint density at radius 1 is 1.23 bits per heavy atom. The van der Waals surface area contributed by atoms with Gasteiger partial charge < -0.3 is 20.5 Å². The van der Waals surface area contributed by atoms with Crippen LogP contribution >= 0.6 is 11.6 Å². The smallest absolute Gasteiger partial charge is 0.315 e. The number of carbonyl (C=O) groups excluding carboxylic acids is 1. The third-order valence-electron chi connectivity index (χ3n) is 5.27. The summed E-state index contributed by atoms with van der Waals surface area (Å²) >= 11 is 6.32. The lowest BCUT2D eigenvalue weighted by atomic mass is 9.96. The zero-order valence-electron chi connectivity index (χ0n) is 14.7. The van der Waals surface area contributed by atoms with E-state index in [-0.39, 0.29) is 18.1 Å². The van der Waals surface area contributed by atoms with Crippen molar-refractivity contribution >= 4 is 23.3 Å². The lowest BCUT2D eigenvalue weighted by Gasteiger charge is -2.35. The van der Waals surface area contributed by atoms with E-state index in [1.807, 2.05) is 24.3 Å². The van der Waals surface area contributed by atoms with Crippen LogP contribution in [0.15, 0.2) is 30.6 Å². The number of rotatable bonds is 3. The number of aryl methyl sites for hydroxylation is 1. The number of hydrogen-bond donors (Lipinski definition) is 3. The summed E-state index contributed by atoms with van der Waals surface area (Å²) in [5.74, 6) is 0. The molecule has 1 saturated heterocycles. The minimum atomic E-state index is -0.0797. The van der Waals surface area contributed by atoms with Gasteiger partial charge in [-0.2, -0.15) is 0 Å². The first-order valence-electron chi connectivity index (χ1n) is 9.26. The molecule has 0 spiro atoms. The van der Waals surface area contributed by atoms with Crippen LogP contribution in [0, 0.1) is 0 Å². The van der Waals surface area contributed by atoms with Crippen molar-refractivity contribution in [3.05, 3.63) is 47.0 Å². The van der Waals surface area contributed by atoms with Gasteiger partial charge in [0.05, 0.1) is 22.7 Å². The maximum atomic E-state index is 12.4. The standard InChI is InChI=1S/C19H24ClN5O/c20-15-5-1-2-6-18(15)25-9-3-4-14(11-25)24-19(26)23-13-7-8-16-17(10-13)22-12-21-16/h1-2,5-6,12-14H,3-4,7-11H2,(H,21,22)(H2,23,24,26). The Balaban J connectivity index is 1.31. The van der Waals surface area contributed by atoms with Gasteiger partial charge in [-0.05, 0) is 37.8 Å². The predicted molar refractivity (Wildman–Crippen MR) is 103 cm³/mol. The molecule has 138 valence electrons. The molecule has 3 N–H and O–H groups in total. The average Bonchev–Trinajstić information content (AvgIpc) is 3.10. The summed E-state index contributed by atoms with van der Waals surface area (Å²) in [7, 11) is 0. The van der Waals surface area contributed by atoms with Gasteiger partial charge in [-0.15, -0.1) is 0 Å². The molecule has 1 aromatic carbocycles. The van der Waals surface area contributed by atoms with E-state index in [1.54, 1.807) is 6.33 Å². The van der Waals surface area contributed by atoms with Crippen molar-refractivity contribution in [3.63, 3.8) is 0 Å². The van der Waals surface area contributed by atoms with Crippen LogP contribution in [0.5, 0.6) is 0 Å². The molecule has 0 radical (unpaired) electrons. The highest BCUT2D eigenvalue weighted by Gasteiger charge is 2.25. The molecule has 2 unspecified atom stereocenters. The van der Waals surface area contributed by atoms with Gasteiger partial charge in [0, 0.05) is 37.3 Å². The number of benzene rings is 1. The molecule has 4 rings (SSSR count). The molecular formula is C19H24ClN5O. The number of amides is 2. The molecule has 2 heterocycles. The predicted octanol–water partition coefficient (Wildman–Crippen LogP) is 2.89. The van der Waals surface area contributed by atoms with Crippen LogP contribution < -0.4 is 15.5 Å².